The summed E-state index contributed by atoms with van der Waals surface area (Å²) in [6.45, 7) is 0.546. The number of hydrogen-bond acceptors (Lipinski definition) is 7. The van der Waals surface area contributed by atoms with E-state index in [-0.39, 0.29) is 5.78 Å². The topological polar surface area (TPSA) is 73.6 Å². The molecule has 0 bridgehead atoms. The van der Waals surface area contributed by atoms with Crippen LogP contribution in [0, 0.1) is 0 Å². The average molecular weight is 317 g/mol. The van der Waals surface area contributed by atoms with Gasteiger partial charge in [-0.1, -0.05) is 53.4 Å². The number of carbonyl (C=O) groups is 1. The minimum atomic E-state index is 0.0913. The number of carbonyl (C=O) groups excluding carboxylic acids is 1. The molecule has 0 saturated heterocycles. The Morgan fingerprint density at radius 3 is 2.86 bits per heavy atom. The van der Waals surface area contributed by atoms with Gasteiger partial charge in [-0.05, 0) is 0 Å². The Bertz CT molecular complexity index is 711. The van der Waals surface area contributed by atoms with Gasteiger partial charge >= 0.3 is 0 Å². The summed E-state index contributed by atoms with van der Waals surface area (Å²) in [5.74, 6) is 0.454. The summed E-state index contributed by atoms with van der Waals surface area (Å²) in [7, 11) is 0. The van der Waals surface area contributed by atoms with Crippen LogP contribution in [0.15, 0.2) is 47.3 Å². The average Bonchev–Trinajstić information content (AvgIpc) is 3.18. The van der Waals surface area contributed by atoms with Crippen molar-refractivity contribution in [2.24, 2.45) is 0 Å². The normalized spacial score (nSPS) is 10.7. The molecule has 8 heteroatoms. The van der Waals surface area contributed by atoms with E-state index in [0.29, 0.717) is 12.3 Å². The first kappa shape index (κ1) is 13.9. The second kappa shape index (κ2) is 6.59. The SMILES string of the molecule is O=C(CSc1nnc(Cn2cncn2)s1)c1ccccc1. The van der Waals surface area contributed by atoms with Gasteiger partial charge in [0.15, 0.2) is 10.1 Å². The molecule has 2 aromatic heterocycles. The van der Waals surface area contributed by atoms with Crippen LogP contribution in [0.4, 0.5) is 0 Å². The number of rotatable bonds is 6. The van der Waals surface area contributed by atoms with E-state index in [1.807, 2.05) is 30.3 Å². The lowest BCUT2D eigenvalue weighted by atomic mass is 10.2. The van der Waals surface area contributed by atoms with Crippen molar-refractivity contribution in [2.45, 2.75) is 10.9 Å². The van der Waals surface area contributed by atoms with E-state index >= 15 is 0 Å². The van der Waals surface area contributed by atoms with Crippen LogP contribution in [0.3, 0.4) is 0 Å². The minimum Gasteiger partial charge on any atom is -0.293 e. The molecule has 0 aliphatic heterocycles. The molecule has 106 valence electrons. The molecule has 0 atom stereocenters. The quantitative estimate of drug-likeness (QED) is 0.512. The fraction of sp³-hybridized carbons (Fsp3) is 0.154. The number of benzene rings is 1. The molecule has 0 aliphatic rings. The lowest BCUT2D eigenvalue weighted by Crippen LogP contribution is -2.01. The van der Waals surface area contributed by atoms with E-state index in [1.54, 1.807) is 11.0 Å². The van der Waals surface area contributed by atoms with E-state index in [4.69, 9.17) is 0 Å². The van der Waals surface area contributed by atoms with Gasteiger partial charge in [0, 0.05) is 5.56 Å². The highest BCUT2D eigenvalue weighted by Gasteiger charge is 2.10. The van der Waals surface area contributed by atoms with Crippen LogP contribution >= 0.6 is 23.1 Å². The van der Waals surface area contributed by atoms with E-state index in [0.717, 1.165) is 14.9 Å². The summed E-state index contributed by atoms with van der Waals surface area (Å²) < 4.78 is 2.47. The van der Waals surface area contributed by atoms with Crippen molar-refractivity contribution in [1.29, 1.82) is 0 Å². The van der Waals surface area contributed by atoms with Crippen LogP contribution in [0.5, 0.6) is 0 Å². The molecule has 0 radical (unpaired) electrons. The van der Waals surface area contributed by atoms with Gasteiger partial charge < -0.3 is 0 Å². The summed E-state index contributed by atoms with van der Waals surface area (Å²) in [6, 6.07) is 9.25. The van der Waals surface area contributed by atoms with Crippen molar-refractivity contribution in [1.82, 2.24) is 25.0 Å². The van der Waals surface area contributed by atoms with E-state index < -0.39 is 0 Å². The first-order valence-electron chi connectivity index (χ1n) is 6.17. The zero-order valence-electron chi connectivity index (χ0n) is 10.9. The van der Waals surface area contributed by atoms with E-state index in [9.17, 15) is 4.79 Å². The number of nitrogens with zero attached hydrogens (tertiary/aromatic N) is 5. The Hall–Kier alpha value is -2.06. The Morgan fingerprint density at radius 2 is 2.10 bits per heavy atom. The van der Waals surface area contributed by atoms with E-state index in [1.165, 1.54) is 29.4 Å². The third-order valence-electron chi connectivity index (χ3n) is 2.63. The van der Waals surface area contributed by atoms with Gasteiger partial charge in [-0.2, -0.15) is 5.10 Å². The second-order valence-corrected chi connectivity index (χ2v) is 6.42. The number of thioether (sulfide) groups is 1. The highest BCUT2D eigenvalue weighted by atomic mass is 32.2. The van der Waals surface area contributed by atoms with Gasteiger partial charge in [0.25, 0.3) is 0 Å². The molecular weight excluding hydrogens is 306 g/mol. The van der Waals surface area contributed by atoms with Gasteiger partial charge in [-0.3, -0.25) is 4.79 Å². The maximum absolute atomic E-state index is 12.0. The summed E-state index contributed by atoms with van der Waals surface area (Å²) in [6.07, 6.45) is 3.11. The third kappa shape index (κ3) is 3.73. The maximum Gasteiger partial charge on any atom is 0.174 e. The number of hydrogen-bond donors (Lipinski definition) is 0. The first-order chi connectivity index (χ1) is 10.3. The van der Waals surface area contributed by atoms with Crippen LogP contribution in [0.2, 0.25) is 0 Å². The highest BCUT2D eigenvalue weighted by Crippen LogP contribution is 2.23. The third-order valence-corrected chi connectivity index (χ3v) is 4.68. The standard InChI is InChI=1S/C13H11N5OS2/c19-11(10-4-2-1-3-5-10)7-20-13-17-16-12(21-13)6-18-9-14-8-15-18/h1-5,8-9H,6-7H2. The van der Waals surface area contributed by atoms with Gasteiger partial charge in [0.05, 0.1) is 12.3 Å². The molecule has 0 saturated carbocycles. The van der Waals surface area contributed by atoms with Crippen molar-refractivity contribution >= 4 is 28.9 Å². The Balaban J connectivity index is 1.56. The molecule has 0 fully saturated rings. The molecule has 1 aromatic carbocycles. The molecule has 21 heavy (non-hydrogen) atoms. The van der Waals surface area contributed by atoms with Crippen LogP contribution in [-0.4, -0.2) is 36.5 Å². The summed E-state index contributed by atoms with van der Waals surface area (Å²) >= 11 is 2.88. The molecule has 2 heterocycles. The van der Waals surface area contributed by atoms with Crippen LogP contribution in [0.25, 0.3) is 0 Å². The van der Waals surface area contributed by atoms with Gasteiger partial charge in [-0.25, -0.2) is 9.67 Å². The van der Waals surface area contributed by atoms with Crippen molar-refractivity contribution in [3.63, 3.8) is 0 Å². The number of aromatic nitrogens is 5. The predicted molar refractivity (Wildman–Crippen MR) is 80.5 cm³/mol. The molecule has 0 N–H and O–H groups in total. The summed E-state index contributed by atoms with van der Waals surface area (Å²) in [5.41, 5.74) is 0.720. The molecule has 0 unspecified atom stereocenters. The molecule has 6 nitrogen and oxygen atoms in total. The monoisotopic (exact) mass is 317 g/mol. The zero-order valence-corrected chi connectivity index (χ0v) is 12.5. The lowest BCUT2D eigenvalue weighted by molar-refractivity contribution is 0.102. The first-order valence-corrected chi connectivity index (χ1v) is 7.97. The molecule has 0 spiro atoms. The van der Waals surface area contributed by atoms with Crippen molar-refractivity contribution in [2.75, 3.05) is 5.75 Å². The molecule has 3 rings (SSSR count). The van der Waals surface area contributed by atoms with Crippen LogP contribution in [-0.2, 0) is 6.54 Å². The minimum absolute atomic E-state index is 0.0913. The summed E-state index contributed by atoms with van der Waals surface area (Å²) in [5, 5.41) is 13.0. The molecule has 3 aromatic rings. The molecule has 0 amide bonds. The predicted octanol–water partition coefficient (Wildman–Crippen LogP) is 2.15. The van der Waals surface area contributed by atoms with Crippen LogP contribution in [0.1, 0.15) is 15.4 Å². The number of Topliss-reactive ketones (excluding diaryl/α,β-unsaturated/α-hetero) is 1. The Kier molecular flexibility index (Phi) is 4.37. The van der Waals surface area contributed by atoms with Gasteiger partial charge in [0.1, 0.15) is 17.7 Å². The van der Waals surface area contributed by atoms with Crippen molar-refractivity contribution in [3.8, 4) is 0 Å². The highest BCUT2D eigenvalue weighted by molar-refractivity contribution is 8.01. The fourth-order valence-electron chi connectivity index (χ4n) is 1.65. The lowest BCUT2D eigenvalue weighted by Gasteiger charge is -1.98. The van der Waals surface area contributed by atoms with E-state index in [2.05, 4.69) is 20.3 Å². The molecule has 0 aliphatic carbocycles. The van der Waals surface area contributed by atoms with Crippen molar-refractivity contribution in [3.05, 3.63) is 53.6 Å². The van der Waals surface area contributed by atoms with Gasteiger partial charge in [-0.15, -0.1) is 10.2 Å². The Morgan fingerprint density at radius 1 is 1.24 bits per heavy atom. The zero-order chi connectivity index (χ0) is 14.5. The Labute approximate surface area is 129 Å². The summed E-state index contributed by atoms with van der Waals surface area (Å²) in [4.78, 5) is 15.9. The van der Waals surface area contributed by atoms with Crippen molar-refractivity contribution < 1.29 is 4.79 Å². The number of ketones is 1. The van der Waals surface area contributed by atoms with Gasteiger partial charge in [0.2, 0.25) is 0 Å². The largest absolute Gasteiger partial charge is 0.293 e. The smallest absolute Gasteiger partial charge is 0.174 e. The maximum atomic E-state index is 12.0. The molecular formula is C13H11N5OS2. The second-order valence-electron chi connectivity index (χ2n) is 4.13. The van der Waals surface area contributed by atoms with Crippen LogP contribution < -0.4 is 0 Å². The fourth-order valence-corrected chi connectivity index (χ4v) is 3.43.